The first-order chi connectivity index (χ1) is 4.52. The molecule has 0 saturated heterocycles. The van der Waals surface area contributed by atoms with Gasteiger partial charge in [0.05, 0.1) is 0 Å². The summed E-state index contributed by atoms with van der Waals surface area (Å²) in [6.07, 6.45) is 1.27. The minimum absolute atomic E-state index is 0.0202. The number of rotatable bonds is 3. The quantitative estimate of drug-likeness (QED) is 0.636. The number of carbonyl (C=O) groups is 1. The molecule has 1 radical (unpaired) electrons. The SMILES string of the molecule is [CH2]CC(=O)NC(C)(C)CC. The second kappa shape index (κ2) is 3.59. The predicted octanol–water partition coefficient (Wildman–Crippen LogP) is 1.52. The Balaban J connectivity index is 3.76. The minimum Gasteiger partial charge on any atom is -0.351 e. The Morgan fingerprint density at radius 1 is 1.60 bits per heavy atom. The van der Waals surface area contributed by atoms with Crippen LogP contribution in [0.5, 0.6) is 0 Å². The fourth-order valence-corrected chi connectivity index (χ4v) is 0.528. The number of hydrogen-bond donors (Lipinski definition) is 1. The lowest BCUT2D eigenvalue weighted by molar-refractivity contribution is -0.121. The highest BCUT2D eigenvalue weighted by molar-refractivity contribution is 5.77. The van der Waals surface area contributed by atoms with Crippen LogP contribution in [0.1, 0.15) is 33.6 Å². The maximum atomic E-state index is 10.8. The van der Waals surface area contributed by atoms with Gasteiger partial charge in [-0.1, -0.05) is 6.92 Å². The zero-order valence-electron chi connectivity index (χ0n) is 7.03. The Morgan fingerprint density at radius 2 is 2.10 bits per heavy atom. The molecule has 0 rings (SSSR count). The molecule has 2 nitrogen and oxygen atoms in total. The Morgan fingerprint density at radius 3 is 2.40 bits per heavy atom. The largest absolute Gasteiger partial charge is 0.351 e. The lowest BCUT2D eigenvalue weighted by atomic mass is 10.0. The maximum Gasteiger partial charge on any atom is 0.220 e. The molecule has 0 atom stereocenters. The molecule has 1 N–H and O–H groups in total. The molecule has 0 aliphatic carbocycles. The zero-order valence-corrected chi connectivity index (χ0v) is 7.03. The van der Waals surface area contributed by atoms with Crippen LogP contribution in [0.2, 0.25) is 0 Å². The topological polar surface area (TPSA) is 29.1 Å². The highest BCUT2D eigenvalue weighted by atomic mass is 16.1. The van der Waals surface area contributed by atoms with Gasteiger partial charge in [0.1, 0.15) is 0 Å². The molecule has 0 aromatic heterocycles. The predicted molar refractivity (Wildman–Crippen MR) is 42.5 cm³/mol. The van der Waals surface area contributed by atoms with Crippen molar-refractivity contribution >= 4 is 5.91 Å². The van der Waals surface area contributed by atoms with Gasteiger partial charge in [-0.3, -0.25) is 4.79 Å². The van der Waals surface area contributed by atoms with Crippen molar-refractivity contribution in [2.24, 2.45) is 0 Å². The van der Waals surface area contributed by atoms with Gasteiger partial charge in [0.15, 0.2) is 0 Å². The third kappa shape index (κ3) is 3.49. The van der Waals surface area contributed by atoms with E-state index in [1.54, 1.807) is 0 Å². The van der Waals surface area contributed by atoms with Crippen LogP contribution in [-0.2, 0) is 4.79 Å². The summed E-state index contributed by atoms with van der Waals surface area (Å²) in [6.45, 7) is 9.54. The van der Waals surface area contributed by atoms with E-state index in [1.807, 2.05) is 20.8 Å². The molecule has 0 unspecified atom stereocenters. The van der Waals surface area contributed by atoms with Gasteiger partial charge in [0.2, 0.25) is 5.91 Å². The Labute approximate surface area is 63.0 Å². The summed E-state index contributed by atoms with van der Waals surface area (Å²) in [7, 11) is 0. The summed E-state index contributed by atoms with van der Waals surface area (Å²) >= 11 is 0. The minimum atomic E-state index is -0.0746. The summed E-state index contributed by atoms with van der Waals surface area (Å²) in [4.78, 5) is 10.8. The zero-order chi connectivity index (χ0) is 8.20. The molecule has 2 heteroatoms. The summed E-state index contributed by atoms with van der Waals surface area (Å²) in [5.41, 5.74) is -0.0746. The lowest BCUT2D eigenvalue weighted by Gasteiger charge is -2.23. The first-order valence-corrected chi connectivity index (χ1v) is 3.62. The average molecular weight is 142 g/mol. The molecule has 0 saturated carbocycles. The maximum absolute atomic E-state index is 10.8. The molecule has 0 spiro atoms. The van der Waals surface area contributed by atoms with Crippen molar-refractivity contribution in [2.75, 3.05) is 0 Å². The van der Waals surface area contributed by atoms with E-state index in [2.05, 4.69) is 12.2 Å². The number of amides is 1. The molecule has 0 heterocycles. The molecule has 0 fully saturated rings. The Kier molecular flexibility index (Phi) is 3.40. The van der Waals surface area contributed by atoms with E-state index in [9.17, 15) is 4.79 Å². The second-order valence-corrected chi connectivity index (χ2v) is 3.04. The van der Waals surface area contributed by atoms with Crippen molar-refractivity contribution < 1.29 is 4.79 Å². The van der Waals surface area contributed by atoms with Crippen molar-refractivity contribution in [1.29, 1.82) is 0 Å². The van der Waals surface area contributed by atoms with Crippen LogP contribution in [-0.4, -0.2) is 11.4 Å². The molecule has 0 bridgehead atoms. The van der Waals surface area contributed by atoms with Crippen molar-refractivity contribution in [1.82, 2.24) is 5.32 Å². The van der Waals surface area contributed by atoms with Gasteiger partial charge in [-0.05, 0) is 27.2 Å². The van der Waals surface area contributed by atoms with Crippen molar-refractivity contribution in [2.45, 2.75) is 39.2 Å². The summed E-state index contributed by atoms with van der Waals surface area (Å²) < 4.78 is 0. The first-order valence-electron chi connectivity index (χ1n) is 3.62. The van der Waals surface area contributed by atoms with Gasteiger partial charge in [-0.25, -0.2) is 0 Å². The smallest absolute Gasteiger partial charge is 0.220 e. The van der Waals surface area contributed by atoms with Crippen LogP contribution in [0.25, 0.3) is 0 Å². The first kappa shape index (κ1) is 9.47. The Bertz CT molecular complexity index is 118. The summed E-state index contributed by atoms with van der Waals surface area (Å²) in [6, 6.07) is 0. The van der Waals surface area contributed by atoms with Gasteiger partial charge in [-0.15, -0.1) is 0 Å². The van der Waals surface area contributed by atoms with Crippen LogP contribution in [0.15, 0.2) is 0 Å². The summed E-state index contributed by atoms with van der Waals surface area (Å²) in [5, 5.41) is 2.85. The van der Waals surface area contributed by atoms with Crippen molar-refractivity contribution in [3.63, 3.8) is 0 Å². The molecular formula is C8H16NO. The lowest BCUT2D eigenvalue weighted by Crippen LogP contribution is -2.42. The highest BCUT2D eigenvalue weighted by Gasteiger charge is 2.15. The van der Waals surface area contributed by atoms with Crippen molar-refractivity contribution in [3.05, 3.63) is 6.92 Å². The van der Waals surface area contributed by atoms with E-state index < -0.39 is 0 Å². The van der Waals surface area contributed by atoms with Gasteiger partial charge in [0.25, 0.3) is 0 Å². The molecule has 1 amide bonds. The molecule has 0 aliphatic rings. The number of hydrogen-bond acceptors (Lipinski definition) is 1. The van der Waals surface area contributed by atoms with Gasteiger partial charge < -0.3 is 5.32 Å². The standard InChI is InChI=1S/C8H16NO/c1-5-7(10)9-8(3,4)6-2/h1,5-6H2,2-4H3,(H,9,10). The molecule has 0 aromatic carbocycles. The molecule has 59 valence electrons. The van der Waals surface area contributed by atoms with Crippen LogP contribution in [0, 0.1) is 6.92 Å². The van der Waals surface area contributed by atoms with Gasteiger partial charge in [-0.2, -0.15) is 0 Å². The van der Waals surface area contributed by atoms with Crippen molar-refractivity contribution in [3.8, 4) is 0 Å². The van der Waals surface area contributed by atoms with Crippen LogP contribution < -0.4 is 5.32 Å². The molecule has 0 aromatic rings. The molecule has 10 heavy (non-hydrogen) atoms. The normalized spacial score (nSPS) is 11.2. The van der Waals surface area contributed by atoms with E-state index in [1.165, 1.54) is 0 Å². The van der Waals surface area contributed by atoms with Crippen LogP contribution >= 0.6 is 0 Å². The number of carbonyl (C=O) groups excluding carboxylic acids is 1. The van der Waals surface area contributed by atoms with Crippen LogP contribution in [0.4, 0.5) is 0 Å². The highest BCUT2D eigenvalue weighted by Crippen LogP contribution is 2.06. The molecular weight excluding hydrogens is 126 g/mol. The van der Waals surface area contributed by atoms with E-state index >= 15 is 0 Å². The van der Waals surface area contributed by atoms with E-state index in [4.69, 9.17) is 0 Å². The third-order valence-corrected chi connectivity index (χ3v) is 1.59. The fraction of sp³-hybridized carbons (Fsp3) is 0.750. The summed E-state index contributed by atoms with van der Waals surface area (Å²) in [5.74, 6) is 0.0202. The van der Waals surface area contributed by atoms with E-state index in [0.717, 1.165) is 6.42 Å². The average Bonchev–Trinajstić information content (AvgIpc) is 1.87. The van der Waals surface area contributed by atoms with Crippen LogP contribution in [0.3, 0.4) is 0 Å². The molecule has 0 aliphatic heterocycles. The fourth-order valence-electron chi connectivity index (χ4n) is 0.528. The van der Waals surface area contributed by atoms with E-state index in [0.29, 0.717) is 6.42 Å². The van der Waals surface area contributed by atoms with E-state index in [-0.39, 0.29) is 11.4 Å². The monoisotopic (exact) mass is 142 g/mol. The number of nitrogens with one attached hydrogen (secondary N) is 1. The third-order valence-electron chi connectivity index (χ3n) is 1.59. The second-order valence-electron chi connectivity index (χ2n) is 3.04. The Hall–Kier alpha value is -0.530. The van der Waals surface area contributed by atoms with Gasteiger partial charge >= 0.3 is 0 Å². The van der Waals surface area contributed by atoms with Gasteiger partial charge in [0, 0.05) is 12.0 Å².